The fourth-order valence-corrected chi connectivity index (χ4v) is 4.67. The van der Waals surface area contributed by atoms with Crippen LogP contribution in [0.25, 0.3) is 0 Å². The van der Waals surface area contributed by atoms with Crippen LogP contribution in [-0.4, -0.2) is 59.9 Å². The van der Waals surface area contributed by atoms with Crippen molar-refractivity contribution in [2.45, 2.75) is 37.0 Å². The maximum Gasteiger partial charge on any atom is 0.0894 e. The number of hydrogen-bond acceptors (Lipinski definition) is 5. The number of thioether (sulfide) groups is 1. The van der Waals surface area contributed by atoms with Crippen molar-refractivity contribution >= 4 is 23.1 Å². The smallest absolute Gasteiger partial charge is 0.0894 e. The highest BCUT2D eigenvalue weighted by atomic mass is 32.2. The van der Waals surface area contributed by atoms with Gasteiger partial charge < -0.3 is 14.9 Å². The molecule has 0 aliphatic carbocycles. The lowest BCUT2D eigenvalue weighted by Crippen LogP contribution is -2.46. The Morgan fingerprint density at radius 3 is 2.57 bits per heavy atom. The molecule has 3 nitrogen and oxygen atoms in total. The van der Waals surface area contributed by atoms with Gasteiger partial charge in [-0.05, 0) is 37.3 Å². The molecule has 1 saturated heterocycles. The molecule has 1 aromatic rings. The van der Waals surface area contributed by atoms with Gasteiger partial charge in [0.1, 0.15) is 0 Å². The third-order valence-corrected chi connectivity index (χ3v) is 6.63. The first kappa shape index (κ1) is 17.3. The second kappa shape index (κ2) is 9.16. The summed E-state index contributed by atoms with van der Waals surface area (Å²) in [4.78, 5) is 6.10. The van der Waals surface area contributed by atoms with Crippen molar-refractivity contribution in [3.8, 4) is 0 Å². The summed E-state index contributed by atoms with van der Waals surface area (Å²) in [5.74, 6) is 1.16. The van der Waals surface area contributed by atoms with Crippen molar-refractivity contribution in [1.29, 1.82) is 0 Å². The molecule has 1 aliphatic rings. The minimum absolute atomic E-state index is 0.296. The Morgan fingerprint density at radius 2 is 1.90 bits per heavy atom. The maximum absolute atomic E-state index is 10.4. The zero-order valence-electron chi connectivity index (χ0n) is 13.3. The van der Waals surface area contributed by atoms with Crippen molar-refractivity contribution in [3.05, 3.63) is 17.0 Å². The van der Waals surface area contributed by atoms with Crippen LogP contribution in [0.1, 0.15) is 37.7 Å². The van der Waals surface area contributed by atoms with E-state index in [1.54, 1.807) is 11.3 Å². The molecule has 1 unspecified atom stereocenters. The first-order chi connectivity index (χ1) is 10.2. The molecule has 1 aliphatic heterocycles. The molecule has 1 fully saturated rings. The highest BCUT2D eigenvalue weighted by Crippen LogP contribution is 2.32. The molecule has 1 aromatic heterocycles. The van der Waals surface area contributed by atoms with Gasteiger partial charge in [-0.1, -0.05) is 13.8 Å². The fourth-order valence-electron chi connectivity index (χ4n) is 2.57. The molecule has 120 valence electrons. The van der Waals surface area contributed by atoms with Crippen molar-refractivity contribution in [2.24, 2.45) is 0 Å². The zero-order valence-corrected chi connectivity index (χ0v) is 14.9. The Morgan fingerprint density at radius 1 is 1.19 bits per heavy atom. The van der Waals surface area contributed by atoms with Crippen LogP contribution in [0.2, 0.25) is 0 Å². The number of piperazine rings is 1. The van der Waals surface area contributed by atoms with Crippen LogP contribution in [-0.2, 0) is 0 Å². The van der Waals surface area contributed by atoms with Gasteiger partial charge >= 0.3 is 0 Å². The highest BCUT2D eigenvalue weighted by molar-refractivity contribution is 8.01. The van der Waals surface area contributed by atoms with Gasteiger partial charge in [-0.3, -0.25) is 0 Å². The Labute approximate surface area is 137 Å². The maximum atomic E-state index is 10.4. The molecule has 2 heterocycles. The molecule has 21 heavy (non-hydrogen) atoms. The Balaban J connectivity index is 1.71. The van der Waals surface area contributed by atoms with E-state index in [1.165, 1.54) is 23.7 Å². The summed E-state index contributed by atoms with van der Waals surface area (Å²) in [6, 6.07) is 4.26. The van der Waals surface area contributed by atoms with Gasteiger partial charge in [0.05, 0.1) is 10.3 Å². The van der Waals surface area contributed by atoms with E-state index in [9.17, 15) is 5.11 Å². The zero-order chi connectivity index (χ0) is 15.1. The van der Waals surface area contributed by atoms with Crippen LogP contribution in [0.15, 0.2) is 16.3 Å². The van der Waals surface area contributed by atoms with E-state index >= 15 is 0 Å². The minimum atomic E-state index is -0.296. The number of hydrogen-bond donors (Lipinski definition) is 1. The molecule has 0 bridgehead atoms. The fraction of sp³-hybridized carbons (Fsp3) is 0.750. The average molecular weight is 329 g/mol. The van der Waals surface area contributed by atoms with Crippen LogP contribution in [0.4, 0.5) is 0 Å². The number of likely N-dealkylation sites (N-methyl/N-ethyl adjacent to an activating group) is 1. The molecular formula is C16H28N2OS2. The summed E-state index contributed by atoms with van der Waals surface area (Å²) in [6.07, 6.45) is 1.75. The summed E-state index contributed by atoms with van der Waals surface area (Å²) in [5, 5.41) is 10.4. The number of nitrogens with zero attached hydrogens (tertiary/aromatic N) is 2. The molecule has 0 saturated carbocycles. The highest BCUT2D eigenvalue weighted by Gasteiger charge is 2.17. The third kappa shape index (κ3) is 5.57. The number of aliphatic hydroxyl groups excluding tert-OH is 1. The SMILES string of the molecule is CCCSc1ccc(C(O)CCN2CCN(CC)CC2)s1. The standard InChI is InChI=1S/C16H28N2OS2/c1-3-13-20-16-6-5-15(21-16)14(19)7-8-18-11-9-17(4-2)10-12-18/h5-6,14,19H,3-4,7-13H2,1-2H3. The second-order valence-corrected chi connectivity index (χ2v) is 8.10. The van der Waals surface area contributed by atoms with Crippen LogP contribution < -0.4 is 0 Å². The van der Waals surface area contributed by atoms with Gasteiger partial charge in [-0.2, -0.15) is 0 Å². The Kier molecular flexibility index (Phi) is 7.54. The van der Waals surface area contributed by atoms with Gasteiger partial charge in [-0.15, -0.1) is 23.1 Å². The second-order valence-electron chi connectivity index (χ2n) is 5.59. The summed E-state index contributed by atoms with van der Waals surface area (Å²) in [5.41, 5.74) is 0. The number of rotatable bonds is 8. The van der Waals surface area contributed by atoms with E-state index in [1.807, 2.05) is 11.8 Å². The molecular weight excluding hydrogens is 300 g/mol. The van der Waals surface area contributed by atoms with Gasteiger partial charge in [-0.25, -0.2) is 0 Å². The van der Waals surface area contributed by atoms with Crippen LogP contribution >= 0.6 is 23.1 Å². The van der Waals surface area contributed by atoms with Crippen molar-refractivity contribution in [3.63, 3.8) is 0 Å². The molecule has 0 radical (unpaired) electrons. The third-order valence-electron chi connectivity index (χ3n) is 4.01. The first-order valence-corrected chi connectivity index (χ1v) is 9.88. The molecule has 1 N–H and O–H groups in total. The number of thiophene rings is 1. The van der Waals surface area contributed by atoms with E-state index in [4.69, 9.17) is 0 Å². The van der Waals surface area contributed by atoms with Crippen molar-refractivity contribution in [1.82, 2.24) is 9.80 Å². The van der Waals surface area contributed by atoms with Crippen molar-refractivity contribution < 1.29 is 5.11 Å². The topological polar surface area (TPSA) is 26.7 Å². The quantitative estimate of drug-likeness (QED) is 0.741. The monoisotopic (exact) mass is 328 g/mol. The molecule has 2 rings (SSSR count). The predicted octanol–water partition coefficient (Wildman–Crippen LogP) is 3.31. The summed E-state index contributed by atoms with van der Waals surface area (Å²) in [7, 11) is 0. The van der Waals surface area contributed by atoms with E-state index in [-0.39, 0.29) is 6.10 Å². The predicted molar refractivity (Wildman–Crippen MR) is 93.5 cm³/mol. The van der Waals surface area contributed by atoms with Crippen LogP contribution in [0, 0.1) is 0 Å². The Hall–Kier alpha value is -0.0700. The Bertz CT molecular complexity index is 403. The van der Waals surface area contributed by atoms with Crippen LogP contribution in [0.3, 0.4) is 0 Å². The van der Waals surface area contributed by atoms with Crippen LogP contribution in [0.5, 0.6) is 0 Å². The lowest BCUT2D eigenvalue weighted by atomic mass is 10.2. The first-order valence-electron chi connectivity index (χ1n) is 8.08. The normalized spacial score (nSPS) is 19.0. The lowest BCUT2D eigenvalue weighted by Gasteiger charge is -2.34. The molecule has 0 aromatic carbocycles. The average Bonchev–Trinajstić information content (AvgIpc) is 3.00. The molecule has 0 amide bonds. The summed E-state index contributed by atoms with van der Waals surface area (Å²) in [6.45, 7) is 11.2. The molecule has 5 heteroatoms. The van der Waals surface area contributed by atoms with E-state index in [0.717, 1.165) is 43.2 Å². The van der Waals surface area contributed by atoms with E-state index in [0.29, 0.717) is 0 Å². The number of aliphatic hydroxyl groups is 1. The largest absolute Gasteiger partial charge is 0.388 e. The molecule has 1 atom stereocenters. The van der Waals surface area contributed by atoms with Crippen molar-refractivity contribution in [2.75, 3.05) is 45.0 Å². The van der Waals surface area contributed by atoms with Gasteiger partial charge in [0.15, 0.2) is 0 Å². The molecule has 0 spiro atoms. The van der Waals surface area contributed by atoms with Gasteiger partial charge in [0, 0.05) is 37.6 Å². The lowest BCUT2D eigenvalue weighted by molar-refractivity contribution is 0.106. The van der Waals surface area contributed by atoms with E-state index in [2.05, 4.69) is 35.8 Å². The van der Waals surface area contributed by atoms with Gasteiger partial charge in [0.2, 0.25) is 0 Å². The summed E-state index contributed by atoms with van der Waals surface area (Å²) < 4.78 is 1.34. The van der Waals surface area contributed by atoms with E-state index < -0.39 is 0 Å². The minimum Gasteiger partial charge on any atom is -0.388 e. The van der Waals surface area contributed by atoms with Gasteiger partial charge in [0.25, 0.3) is 0 Å². The summed E-state index contributed by atoms with van der Waals surface area (Å²) >= 11 is 3.66.